The summed E-state index contributed by atoms with van der Waals surface area (Å²) in [6.45, 7) is 3.17. The highest BCUT2D eigenvalue weighted by Gasteiger charge is 2.32. The van der Waals surface area contributed by atoms with Gasteiger partial charge < -0.3 is 15.4 Å². The first kappa shape index (κ1) is 11.5. The van der Waals surface area contributed by atoms with Crippen LogP contribution in [0.2, 0.25) is 0 Å². The van der Waals surface area contributed by atoms with E-state index in [1.807, 2.05) is 11.8 Å². The van der Waals surface area contributed by atoms with Crippen molar-refractivity contribution < 1.29 is 9.53 Å². The van der Waals surface area contributed by atoms with Crippen molar-refractivity contribution in [3.8, 4) is 0 Å². The van der Waals surface area contributed by atoms with Gasteiger partial charge in [-0.25, -0.2) is 0 Å². The quantitative estimate of drug-likeness (QED) is 0.673. The van der Waals surface area contributed by atoms with Gasteiger partial charge in [-0.15, -0.1) is 0 Å². The van der Waals surface area contributed by atoms with E-state index in [0.717, 1.165) is 12.8 Å². The van der Waals surface area contributed by atoms with E-state index in [0.29, 0.717) is 25.6 Å². The monoisotopic (exact) mass is 200 g/mol. The molecule has 1 amide bonds. The molecule has 0 bridgehead atoms. The molecule has 82 valence electrons. The summed E-state index contributed by atoms with van der Waals surface area (Å²) in [5.74, 6) is 0.166. The average Bonchev–Trinajstić information content (AvgIpc) is 2.87. The molecule has 1 aliphatic rings. The predicted octanol–water partition coefficient (Wildman–Crippen LogP) is 0.361. The third-order valence-corrected chi connectivity index (χ3v) is 2.34. The van der Waals surface area contributed by atoms with Gasteiger partial charge in [-0.2, -0.15) is 0 Å². The van der Waals surface area contributed by atoms with Gasteiger partial charge in [-0.1, -0.05) is 0 Å². The molecule has 0 aliphatic heterocycles. The van der Waals surface area contributed by atoms with Crippen LogP contribution in [0, 0.1) is 0 Å². The van der Waals surface area contributed by atoms with E-state index in [4.69, 9.17) is 10.5 Å². The van der Waals surface area contributed by atoms with Crippen LogP contribution < -0.4 is 5.73 Å². The molecular formula is C10H20N2O2. The van der Waals surface area contributed by atoms with Crippen LogP contribution in [-0.4, -0.2) is 43.2 Å². The zero-order valence-electron chi connectivity index (χ0n) is 9.03. The van der Waals surface area contributed by atoms with E-state index in [9.17, 15) is 4.79 Å². The standard InChI is InChI=1S/C10H20N2O2/c1-8(11)7-10(13)12(5-6-14-2)9-3-4-9/h8-9H,3-7,11H2,1-2H3. The van der Waals surface area contributed by atoms with Gasteiger partial charge in [-0.05, 0) is 19.8 Å². The molecule has 1 aliphatic carbocycles. The van der Waals surface area contributed by atoms with Gasteiger partial charge in [0.25, 0.3) is 0 Å². The molecule has 0 radical (unpaired) electrons. The Morgan fingerprint density at radius 2 is 2.29 bits per heavy atom. The van der Waals surface area contributed by atoms with Crippen LogP contribution in [0.5, 0.6) is 0 Å². The SMILES string of the molecule is COCCN(C(=O)CC(C)N)C1CC1. The summed E-state index contributed by atoms with van der Waals surface area (Å²) in [7, 11) is 1.65. The van der Waals surface area contributed by atoms with E-state index in [2.05, 4.69) is 0 Å². The summed E-state index contributed by atoms with van der Waals surface area (Å²) >= 11 is 0. The number of nitrogens with two attached hydrogens (primary N) is 1. The lowest BCUT2D eigenvalue weighted by atomic mass is 10.2. The molecule has 1 rings (SSSR count). The van der Waals surface area contributed by atoms with Crippen LogP contribution >= 0.6 is 0 Å². The van der Waals surface area contributed by atoms with Gasteiger partial charge >= 0.3 is 0 Å². The van der Waals surface area contributed by atoms with Crippen LogP contribution in [0.3, 0.4) is 0 Å². The minimum absolute atomic E-state index is 0.0497. The Morgan fingerprint density at radius 1 is 1.64 bits per heavy atom. The summed E-state index contributed by atoms with van der Waals surface area (Å²) in [6.07, 6.45) is 2.71. The van der Waals surface area contributed by atoms with Gasteiger partial charge in [0, 0.05) is 32.2 Å². The molecule has 0 spiro atoms. The second-order valence-electron chi connectivity index (χ2n) is 3.99. The third kappa shape index (κ3) is 3.64. The lowest BCUT2D eigenvalue weighted by Crippen LogP contribution is -2.38. The van der Waals surface area contributed by atoms with Crippen molar-refractivity contribution in [3.05, 3.63) is 0 Å². The summed E-state index contributed by atoms with van der Waals surface area (Å²) in [4.78, 5) is 13.6. The molecule has 0 aromatic heterocycles. The Kier molecular flexibility index (Phi) is 4.35. The van der Waals surface area contributed by atoms with Crippen molar-refractivity contribution in [2.75, 3.05) is 20.3 Å². The molecule has 4 heteroatoms. The smallest absolute Gasteiger partial charge is 0.224 e. The topological polar surface area (TPSA) is 55.6 Å². The van der Waals surface area contributed by atoms with Gasteiger partial charge in [0.15, 0.2) is 0 Å². The largest absolute Gasteiger partial charge is 0.383 e. The van der Waals surface area contributed by atoms with E-state index < -0.39 is 0 Å². The predicted molar refractivity (Wildman–Crippen MR) is 54.9 cm³/mol. The van der Waals surface area contributed by atoms with Crippen molar-refractivity contribution in [3.63, 3.8) is 0 Å². The van der Waals surface area contributed by atoms with Crippen molar-refractivity contribution >= 4 is 5.91 Å². The van der Waals surface area contributed by atoms with Gasteiger partial charge in [0.2, 0.25) is 5.91 Å². The minimum atomic E-state index is -0.0497. The van der Waals surface area contributed by atoms with Gasteiger partial charge in [0.05, 0.1) is 6.61 Å². The fraction of sp³-hybridized carbons (Fsp3) is 0.900. The molecule has 0 heterocycles. The highest BCUT2D eigenvalue weighted by molar-refractivity contribution is 5.77. The lowest BCUT2D eigenvalue weighted by Gasteiger charge is -2.22. The number of methoxy groups -OCH3 is 1. The second-order valence-corrected chi connectivity index (χ2v) is 3.99. The maximum Gasteiger partial charge on any atom is 0.224 e. The van der Waals surface area contributed by atoms with Crippen LogP contribution in [-0.2, 0) is 9.53 Å². The molecule has 1 unspecified atom stereocenters. The Bertz CT molecular complexity index is 191. The van der Waals surface area contributed by atoms with Crippen LogP contribution in [0.4, 0.5) is 0 Å². The molecule has 0 aromatic carbocycles. The number of nitrogens with zero attached hydrogens (tertiary/aromatic N) is 1. The normalized spacial score (nSPS) is 17.9. The molecule has 4 nitrogen and oxygen atoms in total. The minimum Gasteiger partial charge on any atom is -0.383 e. The summed E-state index contributed by atoms with van der Waals surface area (Å²) in [5, 5.41) is 0. The maximum absolute atomic E-state index is 11.7. The van der Waals surface area contributed by atoms with E-state index in [1.165, 1.54) is 0 Å². The molecule has 0 aromatic rings. The number of ether oxygens (including phenoxy) is 1. The van der Waals surface area contributed by atoms with Gasteiger partial charge in [-0.3, -0.25) is 4.79 Å². The van der Waals surface area contributed by atoms with Crippen LogP contribution in [0.1, 0.15) is 26.2 Å². The summed E-state index contributed by atoms with van der Waals surface area (Å²) in [6, 6.07) is 0.405. The number of amides is 1. The Balaban J connectivity index is 2.36. The molecule has 1 atom stereocenters. The van der Waals surface area contributed by atoms with E-state index in [-0.39, 0.29) is 11.9 Å². The highest BCUT2D eigenvalue weighted by Crippen LogP contribution is 2.27. The highest BCUT2D eigenvalue weighted by atomic mass is 16.5. The first-order valence-electron chi connectivity index (χ1n) is 5.19. The zero-order valence-corrected chi connectivity index (χ0v) is 9.03. The number of carbonyl (C=O) groups excluding carboxylic acids is 1. The van der Waals surface area contributed by atoms with Crippen LogP contribution in [0.25, 0.3) is 0 Å². The number of rotatable bonds is 6. The average molecular weight is 200 g/mol. The third-order valence-electron chi connectivity index (χ3n) is 2.34. The molecule has 1 saturated carbocycles. The molecule has 1 fully saturated rings. The first-order valence-corrected chi connectivity index (χ1v) is 5.19. The molecular weight excluding hydrogens is 180 g/mol. The Hall–Kier alpha value is -0.610. The molecule has 0 saturated heterocycles. The fourth-order valence-electron chi connectivity index (χ4n) is 1.48. The van der Waals surface area contributed by atoms with Crippen LogP contribution in [0.15, 0.2) is 0 Å². The molecule has 14 heavy (non-hydrogen) atoms. The summed E-state index contributed by atoms with van der Waals surface area (Å²) in [5.41, 5.74) is 5.60. The van der Waals surface area contributed by atoms with Crippen molar-refractivity contribution in [1.29, 1.82) is 0 Å². The Morgan fingerprint density at radius 3 is 2.71 bits per heavy atom. The van der Waals surface area contributed by atoms with Crippen molar-refractivity contribution in [2.24, 2.45) is 5.73 Å². The number of hydrogen-bond acceptors (Lipinski definition) is 3. The zero-order chi connectivity index (χ0) is 10.6. The lowest BCUT2D eigenvalue weighted by molar-refractivity contribution is -0.132. The number of hydrogen-bond donors (Lipinski definition) is 1. The van der Waals surface area contributed by atoms with Crippen molar-refractivity contribution in [2.45, 2.75) is 38.3 Å². The molecule has 2 N–H and O–H groups in total. The second kappa shape index (κ2) is 5.32. The maximum atomic E-state index is 11.7. The summed E-state index contributed by atoms with van der Waals surface area (Å²) < 4.78 is 4.98. The fourth-order valence-corrected chi connectivity index (χ4v) is 1.48. The first-order chi connectivity index (χ1) is 6.65. The van der Waals surface area contributed by atoms with E-state index in [1.54, 1.807) is 7.11 Å². The van der Waals surface area contributed by atoms with Crippen molar-refractivity contribution in [1.82, 2.24) is 4.90 Å². The Labute approximate surface area is 85.4 Å². The number of carbonyl (C=O) groups is 1. The van der Waals surface area contributed by atoms with E-state index >= 15 is 0 Å². The van der Waals surface area contributed by atoms with Gasteiger partial charge in [0.1, 0.15) is 0 Å².